The molecular formula is C23H22N4O2S. The number of fused-ring (bicyclic) bond motifs is 1. The predicted octanol–water partition coefficient (Wildman–Crippen LogP) is 3.86. The summed E-state index contributed by atoms with van der Waals surface area (Å²) in [5.74, 6) is 0.102. The Morgan fingerprint density at radius 3 is 2.60 bits per heavy atom. The fourth-order valence-electron chi connectivity index (χ4n) is 4.18. The summed E-state index contributed by atoms with van der Waals surface area (Å²) in [6.07, 6.45) is 1.88. The van der Waals surface area contributed by atoms with E-state index in [0.717, 1.165) is 40.1 Å². The second kappa shape index (κ2) is 7.91. The molecule has 1 saturated heterocycles. The summed E-state index contributed by atoms with van der Waals surface area (Å²) in [7, 11) is 0. The number of H-pyrrole nitrogens is 1. The number of hydrogen-bond donors (Lipinski definition) is 1. The number of carbonyl (C=O) groups is 1. The molecule has 30 heavy (non-hydrogen) atoms. The first kappa shape index (κ1) is 18.8. The van der Waals surface area contributed by atoms with Crippen molar-refractivity contribution in [1.82, 2.24) is 19.4 Å². The molecule has 1 fully saturated rings. The maximum atomic E-state index is 12.8. The topological polar surface area (TPSA) is 71.0 Å². The molecule has 7 heteroatoms. The van der Waals surface area contributed by atoms with E-state index in [1.54, 1.807) is 11.3 Å². The van der Waals surface area contributed by atoms with E-state index in [1.807, 2.05) is 69.4 Å². The van der Waals surface area contributed by atoms with Crippen LogP contribution in [0.2, 0.25) is 0 Å². The van der Waals surface area contributed by atoms with Crippen LogP contribution in [-0.4, -0.2) is 38.4 Å². The average Bonchev–Trinajstić information content (AvgIpc) is 3.38. The van der Waals surface area contributed by atoms with Gasteiger partial charge in [-0.05, 0) is 25.0 Å². The van der Waals surface area contributed by atoms with Crippen LogP contribution >= 0.6 is 11.3 Å². The number of benzene rings is 2. The molecule has 0 aliphatic carbocycles. The van der Waals surface area contributed by atoms with Crippen LogP contribution in [0.4, 0.5) is 0 Å². The van der Waals surface area contributed by atoms with Crippen molar-refractivity contribution in [2.24, 2.45) is 0 Å². The van der Waals surface area contributed by atoms with Crippen LogP contribution < -0.4 is 5.69 Å². The van der Waals surface area contributed by atoms with Crippen molar-refractivity contribution in [1.29, 1.82) is 0 Å². The summed E-state index contributed by atoms with van der Waals surface area (Å²) in [6.45, 7) is 1.32. The van der Waals surface area contributed by atoms with Crippen molar-refractivity contribution < 1.29 is 4.79 Å². The van der Waals surface area contributed by atoms with Gasteiger partial charge in [0.05, 0.1) is 23.1 Å². The molecule has 2 aromatic carbocycles. The van der Waals surface area contributed by atoms with Crippen molar-refractivity contribution >= 4 is 28.3 Å². The summed E-state index contributed by atoms with van der Waals surface area (Å²) < 4.78 is 1.85. The van der Waals surface area contributed by atoms with Gasteiger partial charge in [-0.2, -0.15) is 0 Å². The van der Waals surface area contributed by atoms with Crippen LogP contribution in [0.15, 0.2) is 64.8 Å². The van der Waals surface area contributed by atoms with Gasteiger partial charge in [-0.1, -0.05) is 42.5 Å². The molecule has 5 rings (SSSR count). The normalized spacial score (nSPS) is 15.0. The summed E-state index contributed by atoms with van der Waals surface area (Å²) in [5, 5.41) is 2.91. The van der Waals surface area contributed by atoms with E-state index < -0.39 is 0 Å². The highest BCUT2D eigenvalue weighted by Crippen LogP contribution is 2.26. The first-order chi connectivity index (χ1) is 14.7. The monoisotopic (exact) mass is 418 g/mol. The Kier molecular flexibility index (Phi) is 4.96. The lowest BCUT2D eigenvalue weighted by Crippen LogP contribution is -2.41. The summed E-state index contributed by atoms with van der Waals surface area (Å²) in [5.41, 5.74) is 3.61. The number of rotatable bonds is 4. The molecule has 0 bridgehead atoms. The predicted molar refractivity (Wildman–Crippen MR) is 119 cm³/mol. The number of nitrogens with zero attached hydrogens (tertiary/aromatic N) is 3. The second-order valence-corrected chi connectivity index (χ2v) is 8.47. The Labute approximate surface area is 177 Å². The van der Waals surface area contributed by atoms with E-state index >= 15 is 0 Å². The number of piperidine rings is 1. The van der Waals surface area contributed by atoms with Crippen molar-refractivity contribution in [3.8, 4) is 10.6 Å². The second-order valence-electron chi connectivity index (χ2n) is 7.62. The number of carbonyl (C=O) groups excluding carboxylic acids is 1. The molecule has 0 unspecified atom stereocenters. The van der Waals surface area contributed by atoms with E-state index in [-0.39, 0.29) is 17.6 Å². The lowest BCUT2D eigenvalue weighted by atomic mass is 10.0. The first-order valence-electron chi connectivity index (χ1n) is 10.2. The minimum Gasteiger partial charge on any atom is -0.342 e. The number of para-hydroxylation sites is 2. The molecule has 1 N–H and O–H groups in total. The molecular weight excluding hydrogens is 396 g/mol. The van der Waals surface area contributed by atoms with Gasteiger partial charge in [-0.25, -0.2) is 9.78 Å². The van der Waals surface area contributed by atoms with Gasteiger partial charge in [0.25, 0.3) is 0 Å². The third-order valence-electron chi connectivity index (χ3n) is 5.71. The Morgan fingerprint density at radius 1 is 1.07 bits per heavy atom. The van der Waals surface area contributed by atoms with E-state index in [2.05, 4.69) is 9.97 Å². The van der Waals surface area contributed by atoms with Crippen LogP contribution in [0.3, 0.4) is 0 Å². The van der Waals surface area contributed by atoms with E-state index in [1.165, 1.54) is 0 Å². The Bertz CT molecular complexity index is 1230. The molecule has 3 heterocycles. The molecule has 0 saturated carbocycles. The lowest BCUT2D eigenvalue weighted by Gasteiger charge is -2.32. The summed E-state index contributed by atoms with van der Waals surface area (Å²) in [4.78, 5) is 34.7. The minimum absolute atomic E-state index is 0.0723. The van der Waals surface area contributed by atoms with Gasteiger partial charge in [0.1, 0.15) is 5.01 Å². The SMILES string of the molecule is O=C(Cc1csc(-c2ccccc2)n1)N1CCC(n2c(=O)[nH]c3ccccc32)CC1. The molecule has 1 aliphatic heterocycles. The number of likely N-dealkylation sites (tertiary alicyclic amines) is 1. The molecule has 1 amide bonds. The van der Waals surface area contributed by atoms with E-state index in [0.29, 0.717) is 19.5 Å². The summed E-state index contributed by atoms with van der Waals surface area (Å²) >= 11 is 1.57. The number of thiazole rings is 1. The lowest BCUT2D eigenvalue weighted by molar-refractivity contribution is -0.131. The van der Waals surface area contributed by atoms with Crippen LogP contribution in [0.25, 0.3) is 21.6 Å². The van der Waals surface area contributed by atoms with Gasteiger partial charge in [0.15, 0.2) is 0 Å². The van der Waals surface area contributed by atoms with E-state index in [4.69, 9.17) is 0 Å². The molecule has 1 aliphatic rings. The molecule has 4 aromatic rings. The molecule has 0 spiro atoms. The third-order valence-corrected chi connectivity index (χ3v) is 6.65. The van der Waals surface area contributed by atoms with Crippen molar-refractivity contribution in [2.45, 2.75) is 25.3 Å². The number of aromatic nitrogens is 3. The number of aromatic amines is 1. The van der Waals surface area contributed by atoms with Gasteiger partial charge in [0.2, 0.25) is 5.91 Å². The molecule has 0 radical (unpaired) electrons. The fourth-order valence-corrected chi connectivity index (χ4v) is 5.00. The molecule has 2 aromatic heterocycles. The highest BCUT2D eigenvalue weighted by molar-refractivity contribution is 7.13. The zero-order valence-corrected chi connectivity index (χ0v) is 17.3. The maximum absolute atomic E-state index is 12.8. The molecule has 6 nitrogen and oxygen atoms in total. The van der Waals surface area contributed by atoms with E-state index in [9.17, 15) is 9.59 Å². The molecule has 0 atom stereocenters. The van der Waals surface area contributed by atoms with Gasteiger partial charge in [-0.3, -0.25) is 9.36 Å². The van der Waals surface area contributed by atoms with Gasteiger partial charge < -0.3 is 9.88 Å². The fraction of sp³-hybridized carbons (Fsp3) is 0.261. The smallest absolute Gasteiger partial charge is 0.326 e. The van der Waals surface area contributed by atoms with Gasteiger partial charge in [0, 0.05) is 30.1 Å². The maximum Gasteiger partial charge on any atom is 0.326 e. The standard InChI is InChI=1S/C23H22N4O2S/c28-21(14-17-15-30-22(24-17)16-6-2-1-3-7-16)26-12-10-18(11-13-26)27-20-9-5-4-8-19(20)25-23(27)29/h1-9,15,18H,10-14H2,(H,25,29). The summed E-state index contributed by atoms with van der Waals surface area (Å²) in [6, 6.07) is 17.9. The van der Waals surface area contributed by atoms with Crippen LogP contribution in [-0.2, 0) is 11.2 Å². The van der Waals surface area contributed by atoms with Crippen molar-refractivity contribution in [2.75, 3.05) is 13.1 Å². The number of hydrogen-bond acceptors (Lipinski definition) is 4. The van der Waals surface area contributed by atoms with Gasteiger partial charge in [-0.15, -0.1) is 11.3 Å². The quantitative estimate of drug-likeness (QED) is 0.547. The van der Waals surface area contributed by atoms with Crippen molar-refractivity contribution in [3.63, 3.8) is 0 Å². The largest absolute Gasteiger partial charge is 0.342 e. The van der Waals surface area contributed by atoms with Crippen LogP contribution in [0, 0.1) is 0 Å². The minimum atomic E-state index is -0.0723. The Morgan fingerprint density at radius 2 is 1.80 bits per heavy atom. The highest BCUT2D eigenvalue weighted by Gasteiger charge is 2.26. The first-order valence-corrected chi connectivity index (χ1v) is 11.0. The van der Waals surface area contributed by atoms with Crippen LogP contribution in [0.5, 0.6) is 0 Å². The van der Waals surface area contributed by atoms with Crippen molar-refractivity contribution in [3.05, 3.63) is 76.2 Å². The average molecular weight is 419 g/mol. The highest BCUT2D eigenvalue weighted by atomic mass is 32.1. The zero-order chi connectivity index (χ0) is 20.5. The Hall–Kier alpha value is -3.19. The Balaban J connectivity index is 1.24. The third kappa shape index (κ3) is 3.57. The number of imidazole rings is 1. The number of amides is 1. The molecule has 152 valence electrons. The number of nitrogens with one attached hydrogen (secondary N) is 1. The van der Waals surface area contributed by atoms with Gasteiger partial charge >= 0.3 is 5.69 Å². The van der Waals surface area contributed by atoms with Crippen LogP contribution in [0.1, 0.15) is 24.6 Å². The zero-order valence-electron chi connectivity index (χ0n) is 16.5.